The molecule has 0 aliphatic carbocycles. The van der Waals surface area contributed by atoms with E-state index in [1.807, 2.05) is 0 Å². The van der Waals surface area contributed by atoms with Crippen LogP contribution in [0.4, 0.5) is 0 Å². The van der Waals surface area contributed by atoms with Crippen LogP contribution in [-0.2, 0) is 19.2 Å². The Hall–Kier alpha value is -4.30. The minimum absolute atomic E-state index is 0.180. The highest BCUT2D eigenvalue weighted by molar-refractivity contribution is 5.92. The minimum atomic E-state index is -1.54. The van der Waals surface area contributed by atoms with E-state index in [-0.39, 0.29) is 28.4 Å². The van der Waals surface area contributed by atoms with Gasteiger partial charge in [-0.05, 0) is 26.0 Å². The van der Waals surface area contributed by atoms with E-state index in [9.17, 15) is 35.1 Å². The van der Waals surface area contributed by atoms with Crippen molar-refractivity contribution in [2.45, 2.75) is 25.9 Å². The first kappa shape index (κ1) is 23.0. The largest absolute Gasteiger partial charge is 0.455 e. The summed E-state index contributed by atoms with van der Waals surface area (Å²) in [7, 11) is 0. The summed E-state index contributed by atoms with van der Waals surface area (Å²) in [5, 5.41) is 33.0. The molecule has 0 amide bonds. The van der Waals surface area contributed by atoms with Crippen LogP contribution in [0.5, 0.6) is 0 Å². The molecule has 1 unspecified atom stereocenters. The number of hydrogen-bond donors (Lipinski definition) is 1. The van der Waals surface area contributed by atoms with E-state index in [0.717, 1.165) is 0 Å². The molecule has 31 heavy (non-hydrogen) atoms. The van der Waals surface area contributed by atoms with Crippen LogP contribution >= 0.6 is 0 Å². The lowest BCUT2D eigenvalue weighted by molar-refractivity contribution is -0.768. The average Bonchev–Trinajstić information content (AvgIpc) is 2.69. The molecule has 0 fully saturated rings. The van der Waals surface area contributed by atoms with Crippen molar-refractivity contribution in [1.82, 2.24) is 10.3 Å². The Kier molecular flexibility index (Phi) is 7.38. The van der Waals surface area contributed by atoms with Gasteiger partial charge in [0.1, 0.15) is 25.2 Å². The molecule has 1 aliphatic rings. The summed E-state index contributed by atoms with van der Waals surface area (Å²) in [6, 6.07) is 4.65. The summed E-state index contributed by atoms with van der Waals surface area (Å²) in [5.41, 5.74) is 0.0348. The Balaban J connectivity index is 2.40. The number of hydrogen-bond acceptors (Lipinski definition) is 12. The van der Waals surface area contributed by atoms with Crippen LogP contribution in [0.2, 0.25) is 0 Å². The number of pyridine rings is 1. The molecule has 1 aliphatic heterocycles. The van der Waals surface area contributed by atoms with Gasteiger partial charge in [0.25, 0.3) is 15.9 Å². The topological polar surface area (TPSA) is 199 Å². The van der Waals surface area contributed by atoms with E-state index >= 15 is 0 Å². The number of aromatic nitrogens is 1. The van der Waals surface area contributed by atoms with Crippen LogP contribution in [0.3, 0.4) is 0 Å². The highest BCUT2D eigenvalue weighted by atomic mass is 17.0. The lowest BCUT2D eigenvalue weighted by Gasteiger charge is -2.27. The highest BCUT2D eigenvalue weighted by Crippen LogP contribution is 2.37. The quantitative estimate of drug-likeness (QED) is 0.307. The third kappa shape index (κ3) is 5.84. The lowest BCUT2D eigenvalue weighted by atomic mass is 9.87. The molecule has 2 heterocycles. The van der Waals surface area contributed by atoms with Crippen molar-refractivity contribution in [3.8, 4) is 0 Å². The van der Waals surface area contributed by atoms with Gasteiger partial charge in [0.2, 0.25) is 0 Å². The number of dihydropyridines is 1. The average molecular weight is 439 g/mol. The standard InChI is InChI=1S/C16H17N5O10/c1-9-13(16(22)31-11(7-29-20(25)26)8-30-21(27)28)14(12-5-3-4-6-17-12)15(19(23)24)10(2)18-9/h3-6,11,14,18H,7-8H2,1-2H3. The minimum Gasteiger partial charge on any atom is -0.455 e. The molecular weight excluding hydrogens is 422 g/mol. The van der Waals surface area contributed by atoms with E-state index in [1.54, 1.807) is 12.1 Å². The fourth-order valence-corrected chi connectivity index (χ4v) is 2.95. The van der Waals surface area contributed by atoms with Gasteiger partial charge in [0, 0.05) is 11.9 Å². The van der Waals surface area contributed by atoms with Crippen LogP contribution in [0.25, 0.3) is 0 Å². The predicted molar refractivity (Wildman–Crippen MR) is 98.3 cm³/mol. The van der Waals surface area contributed by atoms with Crippen molar-refractivity contribution >= 4 is 5.97 Å². The third-order valence-electron chi connectivity index (χ3n) is 4.13. The van der Waals surface area contributed by atoms with E-state index in [2.05, 4.69) is 20.0 Å². The molecule has 2 rings (SSSR count). The number of nitrogens with one attached hydrogen (secondary N) is 1. The Morgan fingerprint density at radius 3 is 2.19 bits per heavy atom. The fraction of sp³-hybridized carbons (Fsp3) is 0.375. The Bertz CT molecular complexity index is 927. The molecule has 1 N–H and O–H groups in total. The van der Waals surface area contributed by atoms with Crippen molar-refractivity contribution in [1.29, 1.82) is 0 Å². The Labute approximate surface area is 173 Å². The van der Waals surface area contributed by atoms with Gasteiger partial charge in [-0.3, -0.25) is 15.1 Å². The maximum Gasteiger partial charge on any atom is 0.337 e. The summed E-state index contributed by atoms with van der Waals surface area (Å²) >= 11 is 0. The molecule has 15 heteroatoms. The van der Waals surface area contributed by atoms with E-state index in [0.29, 0.717) is 0 Å². The summed E-state index contributed by atoms with van der Waals surface area (Å²) in [4.78, 5) is 57.2. The Morgan fingerprint density at radius 2 is 1.71 bits per heavy atom. The molecule has 1 aromatic rings. The third-order valence-corrected chi connectivity index (χ3v) is 4.13. The van der Waals surface area contributed by atoms with Crippen molar-refractivity contribution in [2.75, 3.05) is 13.2 Å². The van der Waals surface area contributed by atoms with Gasteiger partial charge in [0.15, 0.2) is 0 Å². The number of esters is 1. The molecule has 15 nitrogen and oxygen atoms in total. The zero-order valence-corrected chi connectivity index (χ0v) is 16.2. The molecule has 0 aromatic carbocycles. The maximum absolute atomic E-state index is 12.9. The summed E-state index contributed by atoms with van der Waals surface area (Å²) < 4.78 is 5.11. The smallest absolute Gasteiger partial charge is 0.337 e. The molecule has 1 atom stereocenters. The van der Waals surface area contributed by atoms with Gasteiger partial charge >= 0.3 is 5.97 Å². The molecular formula is C16H17N5O10. The van der Waals surface area contributed by atoms with Gasteiger partial charge in [-0.25, -0.2) is 4.79 Å². The maximum atomic E-state index is 12.9. The molecule has 0 saturated carbocycles. The van der Waals surface area contributed by atoms with Gasteiger partial charge in [0.05, 0.1) is 21.9 Å². The number of carbonyl (C=O) groups is 1. The second-order valence-electron chi connectivity index (χ2n) is 6.18. The van der Waals surface area contributed by atoms with E-state index in [4.69, 9.17) is 4.74 Å². The number of ether oxygens (including phenoxy) is 1. The second kappa shape index (κ2) is 9.95. The summed E-state index contributed by atoms with van der Waals surface area (Å²) in [6.45, 7) is 1.23. The first-order chi connectivity index (χ1) is 14.6. The fourth-order valence-electron chi connectivity index (χ4n) is 2.95. The van der Waals surface area contributed by atoms with Crippen molar-refractivity contribution < 1.29 is 34.3 Å². The normalized spacial score (nSPS) is 15.9. The van der Waals surface area contributed by atoms with Crippen LogP contribution in [-0.4, -0.2) is 45.4 Å². The zero-order valence-electron chi connectivity index (χ0n) is 16.2. The second-order valence-corrected chi connectivity index (χ2v) is 6.18. The number of carbonyl (C=O) groups excluding carboxylic acids is 1. The first-order valence-electron chi connectivity index (χ1n) is 8.61. The summed E-state index contributed by atoms with van der Waals surface area (Å²) in [6.07, 6.45) is -0.152. The van der Waals surface area contributed by atoms with Gasteiger partial charge in [-0.15, -0.1) is 20.2 Å². The van der Waals surface area contributed by atoms with Gasteiger partial charge < -0.3 is 19.7 Å². The molecule has 0 radical (unpaired) electrons. The lowest BCUT2D eigenvalue weighted by Crippen LogP contribution is -2.36. The number of nitro groups is 1. The van der Waals surface area contributed by atoms with Gasteiger partial charge in [-0.2, -0.15) is 0 Å². The van der Waals surface area contributed by atoms with Crippen LogP contribution in [0.15, 0.2) is 47.1 Å². The van der Waals surface area contributed by atoms with Gasteiger partial charge in [-0.1, -0.05) is 6.07 Å². The highest BCUT2D eigenvalue weighted by Gasteiger charge is 2.42. The van der Waals surface area contributed by atoms with E-state index in [1.165, 1.54) is 26.1 Å². The number of nitrogens with zero attached hydrogens (tertiary/aromatic N) is 4. The van der Waals surface area contributed by atoms with Crippen LogP contribution < -0.4 is 5.32 Å². The molecule has 1 aromatic heterocycles. The predicted octanol–water partition coefficient (Wildman–Crippen LogP) is 0.879. The Morgan fingerprint density at radius 1 is 1.10 bits per heavy atom. The SMILES string of the molecule is CC1=C(C(=O)OC(CO[N+](=O)[O-])CO[N+](=O)[O-])C(c2ccccn2)C([N+](=O)[O-])=C(C)N1. The van der Waals surface area contributed by atoms with Crippen LogP contribution in [0.1, 0.15) is 25.5 Å². The van der Waals surface area contributed by atoms with Crippen LogP contribution in [0, 0.1) is 30.3 Å². The molecule has 0 spiro atoms. The molecule has 0 bridgehead atoms. The number of rotatable bonds is 10. The zero-order chi connectivity index (χ0) is 23.1. The molecule has 166 valence electrons. The number of allylic oxidation sites excluding steroid dienone is 3. The monoisotopic (exact) mass is 439 g/mol. The first-order valence-corrected chi connectivity index (χ1v) is 8.61. The van der Waals surface area contributed by atoms with Crippen molar-refractivity contribution in [3.05, 3.63) is 83.1 Å². The van der Waals surface area contributed by atoms with Crippen molar-refractivity contribution in [2.24, 2.45) is 0 Å². The summed E-state index contributed by atoms with van der Waals surface area (Å²) in [5.74, 6) is -2.34. The van der Waals surface area contributed by atoms with Crippen molar-refractivity contribution in [3.63, 3.8) is 0 Å². The van der Waals surface area contributed by atoms with E-state index < -0.39 is 46.3 Å². The molecule has 0 saturated heterocycles.